The number of hydrogen-bond acceptors (Lipinski definition) is 2. The van der Waals surface area contributed by atoms with Gasteiger partial charge in [-0.1, -0.05) is 50.2 Å². The normalized spacial score (nSPS) is 11.5. The van der Waals surface area contributed by atoms with E-state index in [2.05, 4.69) is 13.8 Å². The van der Waals surface area contributed by atoms with Crippen LogP contribution in [0.3, 0.4) is 0 Å². The van der Waals surface area contributed by atoms with Gasteiger partial charge in [0, 0.05) is 21.5 Å². The van der Waals surface area contributed by atoms with E-state index < -0.39 is 0 Å². The van der Waals surface area contributed by atoms with Crippen molar-refractivity contribution in [2.24, 2.45) is 0 Å². The maximum absolute atomic E-state index is 10.4. The Morgan fingerprint density at radius 2 is 1.26 bits per heavy atom. The molecule has 2 nitrogen and oxygen atoms in total. The Balaban J connectivity index is 2.49. The molecule has 96 valence electrons. The fraction of sp³-hybridized carbons (Fsp3) is 0.176. The molecule has 0 radical (unpaired) electrons. The molecule has 0 saturated heterocycles. The van der Waals surface area contributed by atoms with Gasteiger partial charge in [-0.25, -0.2) is 0 Å². The number of phenols is 2. The number of fused-ring (bicyclic) bond motifs is 2. The molecule has 3 aromatic carbocycles. The lowest BCUT2D eigenvalue weighted by Gasteiger charge is -2.12. The molecule has 0 saturated carbocycles. The lowest BCUT2D eigenvalue weighted by molar-refractivity contribution is 0.478. The second-order valence-electron chi connectivity index (χ2n) is 5.20. The highest BCUT2D eigenvalue weighted by molar-refractivity contribution is 6.10. The van der Waals surface area contributed by atoms with Gasteiger partial charge in [0.1, 0.15) is 11.5 Å². The molecule has 19 heavy (non-hydrogen) atoms. The lowest BCUT2D eigenvalue weighted by atomic mass is 9.95. The SMILES string of the molecule is CC(C)c1ccc2c(O)c3ccccc3c(O)c2c1. The summed E-state index contributed by atoms with van der Waals surface area (Å²) in [7, 11) is 0. The lowest BCUT2D eigenvalue weighted by Crippen LogP contribution is -1.88. The highest BCUT2D eigenvalue weighted by atomic mass is 16.3. The third-order valence-electron chi connectivity index (χ3n) is 3.66. The van der Waals surface area contributed by atoms with E-state index in [1.165, 1.54) is 0 Å². The summed E-state index contributed by atoms with van der Waals surface area (Å²) in [6.07, 6.45) is 0. The summed E-state index contributed by atoms with van der Waals surface area (Å²) in [4.78, 5) is 0. The van der Waals surface area contributed by atoms with Crippen LogP contribution in [0, 0.1) is 0 Å². The number of rotatable bonds is 1. The van der Waals surface area contributed by atoms with Gasteiger partial charge in [0.25, 0.3) is 0 Å². The van der Waals surface area contributed by atoms with Crippen molar-refractivity contribution in [2.75, 3.05) is 0 Å². The molecule has 0 aromatic heterocycles. The fourth-order valence-electron chi connectivity index (χ4n) is 2.51. The van der Waals surface area contributed by atoms with Crippen LogP contribution in [0.15, 0.2) is 42.5 Å². The molecule has 0 unspecified atom stereocenters. The maximum Gasteiger partial charge on any atom is 0.131 e. The molecular formula is C17H16O2. The minimum Gasteiger partial charge on any atom is -0.507 e. The van der Waals surface area contributed by atoms with Crippen molar-refractivity contribution in [3.05, 3.63) is 48.0 Å². The van der Waals surface area contributed by atoms with Crippen molar-refractivity contribution in [2.45, 2.75) is 19.8 Å². The molecule has 0 aliphatic heterocycles. The summed E-state index contributed by atoms with van der Waals surface area (Å²) in [5.41, 5.74) is 1.15. The van der Waals surface area contributed by atoms with Crippen molar-refractivity contribution in [1.29, 1.82) is 0 Å². The van der Waals surface area contributed by atoms with Crippen LogP contribution in [0.5, 0.6) is 11.5 Å². The molecular weight excluding hydrogens is 236 g/mol. The van der Waals surface area contributed by atoms with E-state index in [0.717, 1.165) is 5.56 Å². The zero-order chi connectivity index (χ0) is 13.6. The van der Waals surface area contributed by atoms with Crippen LogP contribution in [0.25, 0.3) is 21.5 Å². The zero-order valence-electron chi connectivity index (χ0n) is 11.0. The van der Waals surface area contributed by atoms with Crippen LogP contribution in [0.2, 0.25) is 0 Å². The number of phenolic OH excluding ortho intramolecular Hbond substituents is 2. The maximum atomic E-state index is 10.4. The minimum atomic E-state index is 0.235. The summed E-state index contributed by atoms with van der Waals surface area (Å²) in [6, 6.07) is 13.2. The zero-order valence-corrected chi connectivity index (χ0v) is 11.0. The molecule has 2 N–H and O–H groups in total. The van der Waals surface area contributed by atoms with Gasteiger partial charge in [0.05, 0.1) is 0 Å². The van der Waals surface area contributed by atoms with Gasteiger partial charge in [-0.05, 0) is 17.5 Å². The van der Waals surface area contributed by atoms with Crippen molar-refractivity contribution in [3.63, 3.8) is 0 Å². The van der Waals surface area contributed by atoms with Crippen LogP contribution in [0.1, 0.15) is 25.3 Å². The molecule has 0 aliphatic rings. The largest absolute Gasteiger partial charge is 0.507 e. The van der Waals surface area contributed by atoms with Crippen LogP contribution in [0.4, 0.5) is 0 Å². The minimum absolute atomic E-state index is 0.235. The molecule has 0 amide bonds. The highest BCUT2D eigenvalue weighted by Gasteiger charge is 2.13. The Morgan fingerprint density at radius 3 is 1.84 bits per heavy atom. The third kappa shape index (κ3) is 1.72. The molecule has 0 fully saturated rings. The van der Waals surface area contributed by atoms with E-state index in [-0.39, 0.29) is 11.5 Å². The summed E-state index contributed by atoms with van der Waals surface area (Å²) in [5, 5.41) is 23.6. The van der Waals surface area contributed by atoms with E-state index >= 15 is 0 Å². The van der Waals surface area contributed by atoms with Gasteiger partial charge >= 0.3 is 0 Å². The first-order chi connectivity index (χ1) is 9.09. The van der Waals surface area contributed by atoms with Gasteiger partial charge < -0.3 is 10.2 Å². The van der Waals surface area contributed by atoms with E-state index in [4.69, 9.17) is 0 Å². The van der Waals surface area contributed by atoms with Crippen LogP contribution < -0.4 is 0 Å². The van der Waals surface area contributed by atoms with Crippen molar-refractivity contribution >= 4 is 21.5 Å². The van der Waals surface area contributed by atoms with E-state index in [1.54, 1.807) is 0 Å². The van der Waals surface area contributed by atoms with E-state index in [0.29, 0.717) is 27.5 Å². The predicted molar refractivity (Wildman–Crippen MR) is 78.9 cm³/mol. The van der Waals surface area contributed by atoms with Crippen LogP contribution in [-0.2, 0) is 0 Å². The summed E-state index contributed by atoms with van der Waals surface area (Å²) < 4.78 is 0. The molecule has 3 rings (SSSR count). The summed E-state index contributed by atoms with van der Waals surface area (Å²) in [6.45, 7) is 4.22. The summed E-state index contributed by atoms with van der Waals surface area (Å²) >= 11 is 0. The molecule has 0 bridgehead atoms. The topological polar surface area (TPSA) is 40.5 Å². The van der Waals surface area contributed by atoms with Crippen molar-refractivity contribution in [1.82, 2.24) is 0 Å². The Morgan fingerprint density at radius 1 is 0.737 bits per heavy atom. The fourth-order valence-corrected chi connectivity index (χ4v) is 2.51. The smallest absolute Gasteiger partial charge is 0.131 e. The second-order valence-corrected chi connectivity index (χ2v) is 5.20. The molecule has 0 spiro atoms. The van der Waals surface area contributed by atoms with Crippen molar-refractivity contribution in [3.8, 4) is 11.5 Å². The van der Waals surface area contributed by atoms with Crippen LogP contribution in [-0.4, -0.2) is 10.2 Å². The summed E-state index contributed by atoms with van der Waals surface area (Å²) in [5.74, 6) is 0.863. The third-order valence-corrected chi connectivity index (χ3v) is 3.66. The first-order valence-electron chi connectivity index (χ1n) is 6.46. The van der Waals surface area contributed by atoms with Gasteiger partial charge in [-0.15, -0.1) is 0 Å². The average Bonchev–Trinajstić information content (AvgIpc) is 2.44. The monoisotopic (exact) mass is 252 g/mol. The Kier molecular flexibility index (Phi) is 2.59. The molecule has 3 aromatic rings. The standard InChI is InChI=1S/C17H16O2/c1-10(2)11-7-8-14-15(9-11)17(19)13-6-4-3-5-12(13)16(14)18/h3-10,18-19H,1-2H3. The number of hydrogen-bond donors (Lipinski definition) is 2. The van der Waals surface area contributed by atoms with Gasteiger partial charge in [-0.3, -0.25) is 0 Å². The molecule has 0 aliphatic carbocycles. The number of benzene rings is 3. The number of aromatic hydroxyl groups is 2. The first kappa shape index (κ1) is 11.8. The molecule has 0 heterocycles. The van der Waals surface area contributed by atoms with Gasteiger partial charge in [0.2, 0.25) is 0 Å². The average molecular weight is 252 g/mol. The Bertz CT molecular complexity index is 773. The Labute approximate surface area is 111 Å². The quantitative estimate of drug-likeness (QED) is 0.493. The predicted octanol–water partition coefficient (Wildman–Crippen LogP) is 4.53. The van der Waals surface area contributed by atoms with Crippen molar-refractivity contribution < 1.29 is 10.2 Å². The first-order valence-corrected chi connectivity index (χ1v) is 6.46. The van der Waals surface area contributed by atoms with E-state index in [1.807, 2.05) is 42.5 Å². The Hall–Kier alpha value is -2.22. The molecule has 0 atom stereocenters. The van der Waals surface area contributed by atoms with Gasteiger partial charge in [0.15, 0.2) is 0 Å². The van der Waals surface area contributed by atoms with Gasteiger partial charge in [-0.2, -0.15) is 0 Å². The molecule has 2 heteroatoms. The highest BCUT2D eigenvalue weighted by Crippen LogP contribution is 2.41. The second kappa shape index (κ2) is 4.16. The van der Waals surface area contributed by atoms with E-state index in [9.17, 15) is 10.2 Å². The van der Waals surface area contributed by atoms with Crippen LogP contribution >= 0.6 is 0 Å².